The highest BCUT2D eigenvalue weighted by Gasteiger charge is 2.25. The molecule has 0 bridgehead atoms. The van der Waals surface area contributed by atoms with Crippen LogP contribution >= 0.6 is 0 Å². The zero-order valence-electron chi connectivity index (χ0n) is 10.6. The molecule has 1 aliphatic carbocycles. The van der Waals surface area contributed by atoms with Gasteiger partial charge < -0.3 is 5.73 Å². The monoisotopic (exact) mass is 263 g/mol. The van der Waals surface area contributed by atoms with Gasteiger partial charge in [-0.1, -0.05) is 51.9 Å². The third-order valence-electron chi connectivity index (χ3n) is 3.94. The van der Waals surface area contributed by atoms with Crippen molar-refractivity contribution in [1.82, 2.24) is 0 Å². The Hall–Kier alpha value is -0.130. The van der Waals surface area contributed by atoms with Crippen LogP contribution in [0.2, 0.25) is 0 Å². The minimum Gasteiger partial charge on any atom is -0.313 e. The number of nitrogens with two attached hydrogens (primary N) is 1. The Morgan fingerprint density at radius 3 is 2.12 bits per heavy atom. The maximum atomic E-state index is 10.9. The van der Waals surface area contributed by atoms with Crippen molar-refractivity contribution in [1.29, 1.82) is 0 Å². The minimum absolute atomic E-state index is 0.269. The Kier molecular flexibility index (Phi) is 5.89. The molecule has 0 aromatic carbocycles. The Morgan fingerprint density at radius 1 is 1.18 bits per heavy atom. The summed E-state index contributed by atoms with van der Waals surface area (Å²) in [5, 5.41) is -1.12. The summed E-state index contributed by atoms with van der Waals surface area (Å²) in [7, 11) is -4.08. The van der Waals surface area contributed by atoms with Crippen LogP contribution in [0.1, 0.15) is 58.3 Å². The van der Waals surface area contributed by atoms with Crippen LogP contribution in [0, 0.1) is 11.8 Å². The van der Waals surface area contributed by atoms with E-state index < -0.39 is 15.5 Å². The fraction of sp³-hybridized carbons (Fsp3) is 1.00. The molecule has 1 saturated carbocycles. The Bertz CT molecular complexity index is 308. The van der Waals surface area contributed by atoms with Gasteiger partial charge >= 0.3 is 0 Å². The second-order valence-corrected chi connectivity index (χ2v) is 7.01. The lowest BCUT2D eigenvalue weighted by atomic mass is 9.81. The normalized spacial score (nSPS) is 23.7. The summed E-state index contributed by atoms with van der Waals surface area (Å²) in [4.78, 5) is 0. The van der Waals surface area contributed by atoms with Crippen molar-refractivity contribution < 1.29 is 13.0 Å². The standard InChI is InChI=1S/C12H25NO3S/c1-10(9-12(13)17(14,15)16)11-7-5-3-2-4-6-8-11/h10-12H,2-9,13H2,1H3,(H,14,15,16). The van der Waals surface area contributed by atoms with E-state index in [2.05, 4.69) is 6.92 Å². The molecule has 102 valence electrons. The van der Waals surface area contributed by atoms with Crippen molar-refractivity contribution in [3.05, 3.63) is 0 Å². The van der Waals surface area contributed by atoms with Gasteiger partial charge in [-0.15, -0.1) is 0 Å². The molecular formula is C12H25NO3S. The third kappa shape index (κ3) is 5.36. The van der Waals surface area contributed by atoms with Crippen LogP contribution in [0.25, 0.3) is 0 Å². The molecule has 1 aliphatic rings. The SMILES string of the molecule is CC(CC(N)S(=O)(=O)O)C1CCCCCCC1. The zero-order chi connectivity index (χ0) is 12.9. The Labute approximate surface area is 105 Å². The largest absolute Gasteiger partial charge is 0.313 e. The first kappa shape index (κ1) is 14.9. The number of hydrogen-bond donors (Lipinski definition) is 2. The molecule has 2 unspecified atom stereocenters. The van der Waals surface area contributed by atoms with Gasteiger partial charge in [0.2, 0.25) is 0 Å². The smallest absolute Gasteiger partial charge is 0.280 e. The number of hydrogen-bond acceptors (Lipinski definition) is 3. The van der Waals surface area contributed by atoms with Crippen LogP contribution in [-0.2, 0) is 10.1 Å². The molecule has 1 fully saturated rings. The summed E-state index contributed by atoms with van der Waals surface area (Å²) < 4.78 is 30.7. The van der Waals surface area contributed by atoms with Crippen LogP contribution in [0.3, 0.4) is 0 Å². The quantitative estimate of drug-likeness (QED) is 0.764. The van der Waals surface area contributed by atoms with Crippen molar-refractivity contribution in [2.24, 2.45) is 17.6 Å². The highest BCUT2D eigenvalue weighted by atomic mass is 32.2. The Balaban J connectivity index is 2.47. The average molecular weight is 263 g/mol. The van der Waals surface area contributed by atoms with Crippen molar-refractivity contribution >= 4 is 10.1 Å². The van der Waals surface area contributed by atoms with Crippen LogP contribution in [0.15, 0.2) is 0 Å². The molecule has 0 spiro atoms. The van der Waals surface area contributed by atoms with Gasteiger partial charge in [0.15, 0.2) is 0 Å². The summed E-state index contributed by atoms with van der Waals surface area (Å²) >= 11 is 0. The molecule has 2 atom stereocenters. The molecule has 5 heteroatoms. The first-order valence-corrected chi connectivity index (χ1v) is 8.13. The van der Waals surface area contributed by atoms with Gasteiger partial charge in [-0.2, -0.15) is 8.42 Å². The molecule has 1 rings (SSSR count). The van der Waals surface area contributed by atoms with Crippen LogP contribution < -0.4 is 5.73 Å². The first-order chi connectivity index (χ1) is 7.91. The fourth-order valence-corrected chi connectivity index (χ4v) is 3.28. The molecular weight excluding hydrogens is 238 g/mol. The van der Waals surface area contributed by atoms with Gasteiger partial charge in [0.1, 0.15) is 5.37 Å². The van der Waals surface area contributed by atoms with Gasteiger partial charge in [0, 0.05) is 0 Å². The van der Waals surface area contributed by atoms with E-state index in [9.17, 15) is 8.42 Å². The lowest BCUT2D eigenvalue weighted by molar-refractivity contribution is 0.264. The van der Waals surface area contributed by atoms with Crippen molar-refractivity contribution in [3.63, 3.8) is 0 Å². The minimum atomic E-state index is -4.08. The lowest BCUT2D eigenvalue weighted by Gasteiger charge is -2.27. The maximum absolute atomic E-state index is 10.9. The van der Waals surface area contributed by atoms with E-state index in [4.69, 9.17) is 10.3 Å². The summed E-state index contributed by atoms with van der Waals surface area (Å²) in [6, 6.07) is 0. The maximum Gasteiger partial charge on any atom is 0.280 e. The highest BCUT2D eigenvalue weighted by Crippen LogP contribution is 2.30. The van der Waals surface area contributed by atoms with Gasteiger partial charge in [0.05, 0.1) is 0 Å². The molecule has 0 heterocycles. The summed E-state index contributed by atoms with van der Waals surface area (Å²) in [5.74, 6) is 0.827. The van der Waals surface area contributed by atoms with Crippen LogP contribution in [-0.4, -0.2) is 18.3 Å². The second-order valence-electron chi connectivity index (χ2n) is 5.37. The van der Waals surface area contributed by atoms with Gasteiger partial charge in [-0.25, -0.2) is 0 Å². The second kappa shape index (κ2) is 6.71. The highest BCUT2D eigenvalue weighted by molar-refractivity contribution is 7.86. The van der Waals surface area contributed by atoms with Crippen LogP contribution in [0.4, 0.5) is 0 Å². The van der Waals surface area contributed by atoms with Crippen molar-refractivity contribution in [3.8, 4) is 0 Å². The molecule has 0 saturated heterocycles. The molecule has 0 aromatic heterocycles. The Morgan fingerprint density at radius 2 is 1.65 bits per heavy atom. The third-order valence-corrected chi connectivity index (χ3v) is 4.90. The molecule has 4 nitrogen and oxygen atoms in total. The van der Waals surface area contributed by atoms with E-state index in [1.54, 1.807) is 0 Å². The number of rotatable bonds is 4. The lowest BCUT2D eigenvalue weighted by Crippen LogP contribution is -2.33. The van der Waals surface area contributed by atoms with Gasteiger partial charge in [0.25, 0.3) is 10.1 Å². The molecule has 17 heavy (non-hydrogen) atoms. The average Bonchev–Trinajstić information content (AvgIpc) is 2.14. The predicted molar refractivity (Wildman–Crippen MR) is 69.1 cm³/mol. The first-order valence-electron chi connectivity index (χ1n) is 6.63. The van der Waals surface area contributed by atoms with Crippen molar-refractivity contribution in [2.45, 2.75) is 63.7 Å². The fourth-order valence-electron chi connectivity index (χ4n) is 2.74. The van der Waals surface area contributed by atoms with Crippen molar-refractivity contribution in [2.75, 3.05) is 0 Å². The summed E-state index contributed by atoms with van der Waals surface area (Å²) in [6.07, 6.45) is 9.06. The molecule has 0 amide bonds. The molecule has 3 N–H and O–H groups in total. The van der Waals surface area contributed by atoms with E-state index in [1.807, 2.05) is 0 Å². The van der Waals surface area contributed by atoms with Crippen LogP contribution in [0.5, 0.6) is 0 Å². The summed E-state index contributed by atoms with van der Waals surface area (Å²) in [5.41, 5.74) is 5.49. The topological polar surface area (TPSA) is 80.4 Å². The van der Waals surface area contributed by atoms with E-state index in [0.717, 1.165) is 0 Å². The predicted octanol–water partition coefficient (Wildman–Crippen LogP) is 2.55. The molecule has 0 aromatic rings. The van der Waals surface area contributed by atoms with Gasteiger partial charge in [-0.05, 0) is 18.3 Å². The zero-order valence-corrected chi connectivity index (χ0v) is 11.5. The van der Waals surface area contributed by atoms with E-state index in [1.165, 1.54) is 44.9 Å². The van der Waals surface area contributed by atoms with E-state index in [0.29, 0.717) is 12.3 Å². The van der Waals surface area contributed by atoms with E-state index >= 15 is 0 Å². The van der Waals surface area contributed by atoms with E-state index in [-0.39, 0.29) is 5.92 Å². The molecule has 0 aliphatic heterocycles. The summed E-state index contributed by atoms with van der Waals surface area (Å²) in [6.45, 7) is 2.05. The molecule has 0 radical (unpaired) electrons. The van der Waals surface area contributed by atoms with Gasteiger partial charge in [-0.3, -0.25) is 4.55 Å².